The largest absolute Gasteiger partial charge is 0.504 e. The number of nitrogens with one attached hydrogen (secondary N) is 1. The van der Waals surface area contributed by atoms with Gasteiger partial charge in [-0.25, -0.2) is 0 Å². The van der Waals surface area contributed by atoms with Gasteiger partial charge in [-0.2, -0.15) is 0 Å². The molecule has 0 aromatic heterocycles. The highest BCUT2D eigenvalue weighted by Crippen LogP contribution is 2.25. The Hall–Kier alpha value is -2.24. The van der Waals surface area contributed by atoms with Crippen LogP contribution < -0.4 is 10.1 Å². The third-order valence-corrected chi connectivity index (χ3v) is 2.28. The number of esters is 1. The topological polar surface area (TPSA) is 84.9 Å². The lowest BCUT2D eigenvalue weighted by molar-refractivity contribution is -0.140. The molecule has 0 saturated heterocycles. The second-order valence-corrected chi connectivity index (χ2v) is 3.47. The molecule has 0 aliphatic rings. The van der Waals surface area contributed by atoms with E-state index in [9.17, 15) is 14.7 Å². The van der Waals surface area contributed by atoms with Crippen molar-refractivity contribution in [2.75, 3.05) is 20.8 Å². The normalized spacial score (nSPS) is 9.67. The van der Waals surface area contributed by atoms with Gasteiger partial charge in [-0.15, -0.1) is 0 Å². The Balaban J connectivity index is 2.56. The maximum atomic E-state index is 11.7. The third kappa shape index (κ3) is 3.65. The summed E-state index contributed by atoms with van der Waals surface area (Å²) >= 11 is 0. The summed E-state index contributed by atoms with van der Waals surface area (Å²) in [6.45, 7) is 0.179. The first kappa shape index (κ1) is 13.8. The van der Waals surface area contributed by atoms with Gasteiger partial charge in [0.25, 0.3) is 5.91 Å². The molecule has 6 nitrogen and oxygen atoms in total. The SMILES string of the molecule is COC(=O)CCNC(=O)c1ccc(OC)c(O)c1. The molecule has 0 unspecified atom stereocenters. The quantitative estimate of drug-likeness (QED) is 0.754. The highest BCUT2D eigenvalue weighted by atomic mass is 16.5. The van der Waals surface area contributed by atoms with Gasteiger partial charge in [0.1, 0.15) is 0 Å². The number of hydrogen-bond acceptors (Lipinski definition) is 5. The molecule has 0 spiro atoms. The van der Waals surface area contributed by atoms with Crippen LogP contribution in [0.15, 0.2) is 18.2 Å². The number of carbonyl (C=O) groups excluding carboxylic acids is 2. The van der Waals surface area contributed by atoms with E-state index in [1.54, 1.807) is 0 Å². The summed E-state index contributed by atoms with van der Waals surface area (Å²) in [5, 5.41) is 12.0. The number of aromatic hydroxyl groups is 1. The van der Waals surface area contributed by atoms with Gasteiger partial charge < -0.3 is 19.9 Å². The van der Waals surface area contributed by atoms with Crippen LogP contribution in [0.3, 0.4) is 0 Å². The zero-order chi connectivity index (χ0) is 13.5. The van der Waals surface area contributed by atoms with Gasteiger partial charge in [-0.3, -0.25) is 9.59 Å². The van der Waals surface area contributed by atoms with Gasteiger partial charge in [-0.1, -0.05) is 0 Å². The Morgan fingerprint density at radius 3 is 2.61 bits per heavy atom. The first-order valence-corrected chi connectivity index (χ1v) is 5.30. The molecular formula is C12H15NO5. The summed E-state index contributed by atoms with van der Waals surface area (Å²) in [4.78, 5) is 22.5. The molecule has 6 heteroatoms. The zero-order valence-corrected chi connectivity index (χ0v) is 10.2. The van der Waals surface area contributed by atoms with Gasteiger partial charge in [0.05, 0.1) is 20.6 Å². The fourth-order valence-corrected chi connectivity index (χ4v) is 1.31. The number of rotatable bonds is 5. The highest BCUT2D eigenvalue weighted by Gasteiger charge is 2.09. The van der Waals surface area contributed by atoms with Crippen molar-refractivity contribution in [3.63, 3.8) is 0 Å². The van der Waals surface area contributed by atoms with Crippen molar-refractivity contribution in [2.24, 2.45) is 0 Å². The predicted octanol–water partition coefficient (Wildman–Crippen LogP) is 0.694. The van der Waals surface area contributed by atoms with Gasteiger partial charge in [0.15, 0.2) is 11.5 Å². The Labute approximate surface area is 105 Å². The number of phenols is 1. The number of phenolic OH excluding ortho intramolecular Hbond substituents is 1. The van der Waals surface area contributed by atoms with E-state index < -0.39 is 5.97 Å². The number of methoxy groups -OCH3 is 2. The van der Waals surface area contributed by atoms with Crippen molar-refractivity contribution in [3.8, 4) is 11.5 Å². The minimum absolute atomic E-state index is 0.102. The standard InChI is InChI=1S/C12H15NO5/c1-17-10-4-3-8(7-9(10)14)12(16)13-6-5-11(15)18-2/h3-4,7,14H,5-6H2,1-2H3,(H,13,16). The lowest BCUT2D eigenvalue weighted by Crippen LogP contribution is -2.26. The number of benzene rings is 1. The summed E-state index contributed by atoms with van der Waals surface area (Å²) in [7, 11) is 2.71. The van der Waals surface area contributed by atoms with Crippen LogP contribution in [-0.4, -0.2) is 37.7 Å². The molecule has 98 valence electrons. The van der Waals surface area contributed by atoms with Crippen molar-refractivity contribution in [3.05, 3.63) is 23.8 Å². The number of hydrogen-bond donors (Lipinski definition) is 2. The van der Waals surface area contributed by atoms with Crippen molar-refractivity contribution in [1.29, 1.82) is 0 Å². The summed E-state index contributed by atoms with van der Waals surface area (Å²) in [6.07, 6.45) is 0.102. The van der Waals surface area contributed by atoms with Crippen molar-refractivity contribution >= 4 is 11.9 Å². The van der Waals surface area contributed by atoms with Crippen LogP contribution in [0.25, 0.3) is 0 Å². The van der Waals surface area contributed by atoms with E-state index in [-0.39, 0.29) is 30.2 Å². The molecule has 2 N–H and O–H groups in total. The molecule has 0 aliphatic carbocycles. The fourth-order valence-electron chi connectivity index (χ4n) is 1.31. The van der Waals surface area contributed by atoms with Gasteiger partial charge in [0, 0.05) is 12.1 Å². The third-order valence-electron chi connectivity index (χ3n) is 2.28. The molecule has 1 aromatic rings. The fraction of sp³-hybridized carbons (Fsp3) is 0.333. The van der Waals surface area contributed by atoms with E-state index in [0.29, 0.717) is 5.75 Å². The van der Waals surface area contributed by atoms with Crippen LogP contribution in [-0.2, 0) is 9.53 Å². The second kappa shape index (κ2) is 6.48. The van der Waals surface area contributed by atoms with Crippen LogP contribution in [0.5, 0.6) is 11.5 Å². The molecule has 0 saturated carbocycles. The van der Waals surface area contributed by atoms with Crippen LogP contribution in [0, 0.1) is 0 Å². The number of carbonyl (C=O) groups is 2. The molecule has 18 heavy (non-hydrogen) atoms. The lowest BCUT2D eigenvalue weighted by Gasteiger charge is -2.07. The monoisotopic (exact) mass is 253 g/mol. The first-order valence-electron chi connectivity index (χ1n) is 5.30. The zero-order valence-electron chi connectivity index (χ0n) is 10.2. The maximum Gasteiger partial charge on any atom is 0.307 e. The maximum absolute atomic E-state index is 11.7. The van der Waals surface area contributed by atoms with E-state index in [4.69, 9.17) is 4.74 Å². The Morgan fingerprint density at radius 1 is 1.33 bits per heavy atom. The smallest absolute Gasteiger partial charge is 0.307 e. The molecule has 1 amide bonds. The van der Waals surface area contributed by atoms with Crippen LogP contribution in [0.2, 0.25) is 0 Å². The van der Waals surface area contributed by atoms with E-state index in [2.05, 4.69) is 10.1 Å². The molecule has 0 aliphatic heterocycles. The highest BCUT2D eigenvalue weighted by molar-refractivity contribution is 5.95. The van der Waals surface area contributed by atoms with E-state index in [1.807, 2.05) is 0 Å². The lowest BCUT2D eigenvalue weighted by atomic mass is 10.2. The number of ether oxygens (including phenoxy) is 2. The van der Waals surface area contributed by atoms with Gasteiger partial charge in [0.2, 0.25) is 0 Å². The minimum atomic E-state index is -0.395. The number of amides is 1. The molecule has 0 bridgehead atoms. The molecule has 0 heterocycles. The van der Waals surface area contributed by atoms with Gasteiger partial charge in [-0.05, 0) is 18.2 Å². The van der Waals surface area contributed by atoms with E-state index in [0.717, 1.165) is 0 Å². The molecule has 1 rings (SSSR count). The Bertz CT molecular complexity index is 444. The summed E-state index contributed by atoms with van der Waals surface area (Å²) < 4.78 is 9.30. The van der Waals surface area contributed by atoms with E-state index in [1.165, 1.54) is 32.4 Å². The average Bonchev–Trinajstić information content (AvgIpc) is 2.38. The molecule has 1 aromatic carbocycles. The van der Waals surface area contributed by atoms with E-state index >= 15 is 0 Å². The van der Waals surface area contributed by atoms with Crippen LogP contribution in [0.4, 0.5) is 0 Å². The predicted molar refractivity (Wildman–Crippen MR) is 63.6 cm³/mol. The van der Waals surface area contributed by atoms with Crippen molar-refractivity contribution in [1.82, 2.24) is 5.32 Å². The molecule has 0 fully saturated rings. The Kier molecular flexibility index (Phi) is 4.98. The van der Waals surface area contributed by atoms with Crippen LogP contribution >= 0.6 is 0 Å². The van der Waals surface area contributed by atoms with Crippen LogP contribution in [0.1, 0.15) is 16.8 Å². The average molecular weight is 253 g/mol. The van der Waals surface area contributed by atoms with Gasteiger partial charge >= 0.3 is 5.97 Å². The minimum Gasteiger partial charge on any atom is -0.504 e. The Morgan fingerprint density at radius 2 is 2.06 bits per heavy atom. The second-order valence-electron chi connectivity index (χ2n) is 3.47. The molecular weight excluding hydrogens is 238 g/mol. The summed E-state index contributed by atoms with van der Waals surface area (Å²) in [5.41, 5.74) is 0.290. The summed E-state index contributed by atoms with van der Waals surface area (Å²) in [6, 6.07) is 4.31. The van der Waals surface area contributed by atoms with Crippen molar-refractivity contribution in [2.45, 2.75) is 6.42 Å². The first-order chi connectivity index (χ1) is 8.58. The van der Waals surface area contributed by atoms with Crippen molar-refractivity contribution < 1.29 is 24.2 Å². The summed E-state index contributed by atoms with van der Waals surface area (Å²) in [5.74, 6) is -0.594. The molecule has 0 radical (unpaired) electrons. The molecule has 0 atom stereocenters.